The van der Waals surface area contributed by atoms with E-state index in [0.717, 1.165) is 0 Å². The van der Waals surface area contributed by atoms with Crippen molar-refractivity contribution in [1.29, 1.82) is 0 Å². The fourth-order valence-electron chi connectivity index (χ4n) is 1.01. The van der Waals surface area contributed by atoms with Crippen molar-refractivity contribution in [1.82, 2.24) is 0 Å². The van der Waals surface area contributed by atoms with Gasteiger partial charge < -0.3 is 4.74 Å². The standard InChI is InChI=1S/C11H12O3.Zn/c1-9(12)7-10(13)8-14-11-5-3-2-4-6-11;/h2-6H,7-8H2,1H3;. The summed E-state index contributed by atoms with van der Waals surface area (Å²) in [5.74, 6) is 0.317. The van der Waals surface area contributed by atoms with E-state index >= 15 is 0 Å². The number of carbonyl (C=O) groups is 2. The van der Waals surface area contributed by atoms with Crippen molar-refractivity contribution in [2.24, 2.45) is 0 Å². The second-order valence-corrected chi connectivity index (χ2v) is 3.02. The minimum atomic E-state index is -0.193. The molecular weight excluding hydrogens is 246 g/mol. The minimum Gasteiger partial charge on any atom is -0.486 e. The molecule has 0 atom stereocenters. The molecule has 15 heavy (non-hydrogen) atoms. The summed E-state index contributed by atoms with van der Waals surface area (Å²) >= 11 is 0. The normalized spacial score (nSPS) is 8.87. The molecule has 0 unspecified atom stereocenters. The van der Waals surface area contributed by atoms with Crippen LogP contribution in [-0.4, -0.2) is 18.2 Å². The molecule has 0 aliphatic carbocycles. The van der Waals surface area contributed by atoms with Gasteiger partial charge in [0, 0.05) is 19.5 Å². The maximum atomic E-state index is 11.1. The van der Waals surface area contributed by atoms with Crippen LogP contribution in [0.4, 0.5) is 0 Å². The third kappa shape index (κ3) is 6.13. The molecule has 0 aliphatic rings. The molecule has 0 amide bonds. The quantitative estimate of drug-likeness (QED) is 0.595. The van der Waals surface area contributed by atoms with Gasteiger partial charge in [-0.2, -0.15) is 0 Å². The molecular formula is C11H12O3Zn. The molecule has 4 heteroatoms. The van der Waals surface area contributed by atoms with E-state index in [-0.39, 0.29) is 44.1 Å². The van der Waals surface area contributed by atoms with Gasteiger partial charge in [-0.3, -0.25) is 9.59 Å². The molecule has 3 nitrogen and oxygen atoms in total. The van der Waals surface area contributed by atoms with Crippen molar-refractivity contribution in [3.05, 3.63) is 30.3 Å². The Bertz CT molecular complexity index is 322. The zero-order valence-electron chi connectivity index (χ0n) is 8.73. The van der Waals surface area contributed by atoms with Crippen LogP contribution in [0.15, 0.2) is 30.3 Å². The molecule has 0 saturated carbocycles. The van der Waals surface area contributed by atoms with Crippen LogP contribution in [0.2, 0.25) is 0 Å². The first-order valence-corrected chi connectivity index (χ1v) is 4.37. The fourth-order valence-corrected chi connectivity index (χ4v) is 1.01. The topological polar surface area (TPSA) is 43.4 Å². The van der Waals surface area contributed by atoms with Gasteiger partial charge in [0.15, 0.2) is 5.78 Å². The number of rotatable bonds is 5. The summed E-state index contributed by atoms with van der Waals surface area (Å²) in [5, 5.41) is 0. The number of para-hydroxylation sites is 1. The molecule has 0 bridgehead atoms. The number of carbonyl (C=O) groups excluding carboxylic acids is 2. The number of Topliss-reactive ketones (excluding diaryl/α,β-unsaturated/α-hetero) is 2. The van der Waals surface area contributed by atoms with Crippen LogP contribution in [0.25, 0.3) is 0 Å². The molecule has 76 valence electrons. The first-order chi connectivity index (χ1) is 6.68. The first-order valence-electron chi connectivity index (χ1n) is 4.37. The van der Waals surface area contributed by atoms with Gasteiger partial charge >= 0.3 is 0 Å². The van der Waals surface area contributed by atoms with Crippen molar-refractivity contribution < 1.29 is 33.8 Å². The van der Waals surface area contributed by atoms with Gasteiger partial charge in [0.25, 0.3) is 0 Å². The average Bonchev–Trinajstić information content (AvgIpc) is 2.15. The number of ether oxygens (including phenoxy) is 1. The van der Waals surface area contributed by atoms with E-state index in [9.17, 15) is 9.59 Å². The van der Waals surface area contributed by atoms with Crippen molar-refractivity contribution in [2.75, 3.05) is 6.61 Å². The number of benzene rings is 1. The van der Waals surface area contributed by atoms with Crippen molar-refractivity contribution in [3.63, 3.8) is 0 Å². The Morgan fingerprint density at radius 1 is 1.20 bits per heavy atom. The Hall–Kier alpha value is -1.02. The molecule has 1 aromatic carbocycles. The molecule has 0 aliphatic heterocycles. The number of ketones is 2. The summed E-state index contributed by atoms with van der Waals surface area (Å²) in [6.45, 7) is 1.35. The van der Waals surface area contributed by atoms with Crippen LogP contribution >= 0.6 is 0 Å². The Balaban J connectivity index is 0.00000196. The van der Waals surface area contributed by atoms with Gasteiger partial charge in [-0.1, -0.05) is 18.2 Å². The first kappa shape index (κ1) is 14.0. The second kappa shape index (κ2) is 7.30. The molecule has 0 fully saturated rings. The van der Waals surface area contributed by atoms with Crippen molar-refractivity contribution in [3.8, 4) is 5.75 Å². The molecule has 1 aromatic rings. The Kier molecular flexibility index (Phi) is 6.80. The summed E-state index contributed by atoms with van der Waals surface area (Å²) in [6, 6.07) is 9.04. The molecule has 1 rings (SSSR count). The van der Waals surface area contributed by atoms with E-state index in [1.165, 1.54) is 6.92 Å². The predicted molar refractivity (Wildman–Crippen MR) is 52.2 cm³/mol. The van der Waals surface area contributed by atoms with Gasteiger partial charge in [0.2, 0.25) is 0 Å². The Morgan fingerprint density at radius 3 is 2.33 bits per heavy atom. The van der Waals surface area contributed by atoms with E-state index in [1.54, 1.807) is 12.1 Å². The van der Waals surface area contributed by atoms with Gasteiger partial charge in [-0.05, 0) is 19.1 Å². The largest absolute Gasteiger partial charge is 0.486 e. The summed E-state index contributed by atoms with van der Waals surface area (Å²) < 4.78 is 5.17. The van der Waals surface area contributed by atoms with Crippen LogP contribution in [0, 0.1) is 0 Å². The third-order valence-corrected chi connectivity index (χ3v) is 1.59. The molecule has 0 radical (unpaired) electrons. The van der Waals surface area contributed by atoms with Gasteiger partial charge in [0.05, 0.1) is 6.42 Å². The molecule has 0 heterocycles. The Labute approximate surface area is 102 Å². The summed E-state index contributed by atoms with van der Waals surface area (Å²) in [6.07, 6.45) is -0.0488. The van der Waals surface area contributed by atoms with E-state index in [4.69, 9.17) is 4.74 Å². The van der Waals surface area contributed by atoms with E-state index in [1.807, 2.05) is 18.2 Å². The Morgan fingerprint density at radius 2 is 1.80 bits per heavy atom. The van der Waals surface area contributed by atoms with Crippen LogP contribution in [-0.2, 0) is 29.1 Å². The number of hydrogen-bond donors (Lipinski definition) is 0. The van der Waals surface area contributed by atoms with Crippen LogP contribution < -0.4 is 4.74 Å². The predicted octanol–water partition coefficient (Wildman–Crippen LogP) is 1.61. The van der Waals surface area contributed by atoms with Crippen LogP contribution in [0.5, 0.6) is 5.75 Å². The summed E-state index contributed by atoms with van der Waals surface area (Å²) in [5.41, 5.74) is 0. The fraction of sp³-hybridized carbons (Fsp3) is 0.273. The second-order valence-electron chi connectivity index (χ2n) is 3.02. The van der Waals surface area contributed by atoms with Gasteiger partial charge in [-0.15, -0.1) is 0 Å². The SMILES string of the molecule is CC(=O)CC(=O)COc1ccccc1.[Zn]. The van der Waals surface area contributed by atoms with Gasteiger partial charge in [-0.25, -0.2) is 0 Å². The van der Waals surface area contributed by atoms with Crippen LogP contribution in [0.1, 0.15) is 13.3 Å². The molecule has 0 aromatic heterocycles. The maximum Gasteiger partial charge on any atom is 0.177 e. The van der Waals surface area contributed by atoms with Crippen molar-refractivity contribution >= 4 is 11.6 Å². The molecule has 0 saturated heterocycles. The summed E-state index contributed by atoms with van der Waals surface area (Å²) in [4.78, 5) is 21.7. The van der Waals surface area contributed by atoms with Crippen LogP contribution in [0.3, 0.4) is 0 Å². The monoisotopic (exact) mass is 256 g/mol. The number of hydrogen-bond acceptors (Lipinski definition) is 3. The zero-order valence-corrected chi connectivity index (χ0v) is 11.7. The third-order valence-electron chi connectivity index (χ3n) is 1.59. The minimum absolute atomic E-state index is 0. The molecule has 0 N–H and O–H groups in total. The average molecular weight is 258 g/mol. The summed E-state index contributed by atoms with van der Waals surface area (Å²) in [7, 11) is 0. The van der Waals surface area contributed by atoms with E-state index in [2.05, 4.69) is 0 Å². The van der Waals surface area contributed by atoms with Gasteiger partial charge in [0.1, 0.15) is 18.1 Å². The van der Waals surface area contributed by atoms with Crippen molar-refractivity contribution in [2.45, 2.75) is 13.3 Å². The van der Waals surface area contributed by atoms with E-state index < -0.39 is 0 Å². The van der Waals surface area contributed by atoms with E-state index in [0.29, 0.717) is 5.75 Å². The maximum absolute atomic E-state index is 11.1. The smallest absolute Gasteiger partial charge is 0.177 e. The molecule has 0 spiro atoms. The zero-order chi connectivity index (χ0) is 10.4.